The lowest BCUT2D eigenvalue weighted by molar-refractivity contribution is 0.551. The minimum atomic E-state index is 0.660. The third-order valence-corrected chi connectivity index (χ3v) is 4.65. The molecular formula is C10H12Br2N2S. The summed E-state index contributed by atoms with van der Waals surface area (Å²) in [5.74, 6) is 2.51. The Hall–Kier alpha value is 0.420. The first-order valence-corrected chi connectivity index (χ1v) is 7.61. The lowest BCUT2D eigenvalue weighted by Crippen LogP contribution is -2.28. The number of nitrogens with one attached hydrogen (secondary N) is 1. The van der Waals surface area contributed by atoms with Crippen molar-refractivity contribution in [3.63, 3.8) is 0 Å². The monoisotopic (exact) mass is 350 g/mol. The average molecular weight is 352 g/mol. The van der Waals surface area contributed by atoms with Crippen LogP contribution in [-0.4, -0.2) is 22.5 Å². The number of aromatic nitrogens is 1. The second-order valence-electron chi connectivity index (χ2n) is 3.52. The van der Waals surface area contributed by atoms with Crippen molar-refractivity contribution < 1.29 is 0 Å². The normalized spacial score (nSPS) is 20.8. The molecule has 2 heterocycles. The van der Waals surface area contributed by atoms with Gasteiger partial charge in [-0.3, -0.25) is 4.98 Å². The van der Waals surface area contributed by atoms with Gasteiger partial charge < -0.3 is 5.32 Å². The topological polar surface area (TPSA) is 24.9 Å². The molecule has 82 valence electrons. The minimum absolute atomic E-state index is 0.660. The Morgan fingerprint density at radius 1 is 1.53 bits per heavy atom. The van der Waals surface area contributed by atoms with Crippen LogP contribution in [0.2, 0.25) is 0 Å². The maximum Gasteiger partial charge on any atom is 0.0684 e. The fourth-order valence-electron chi connectivity index (χ4n) is 1.51. The highest BCUT2D eigenvalue weighted by Gasteiger charge is 2.15. The summed E-state index contributed by atoms with van der Waals surface area (Å²) in [4.78, 5) is 4.38. The second-order valence-corrected chi connectivity index (χ2v) is 6.44. The van der Waals surface area contributed by atoms with E-state index in [1.54, 1.807) is 0 Å². The van der Waals surface area contributed by atoms with Gasteiger partial charge in [0.15, 0.2) is 0 Å². The second kappa shape index (κ2) is 5.66. The molecule has 2 nitrogen and oxygen atoms in total. The van der Waals surface area contributed by atoms with Crippen molar-refractivity contribution in [3.8, 4) is 0 Å². The summed E-state index contributed by atoms with van der Waals surface area (Å²) >= 11 is 8.94. The van der Waals surface area contributed by atoms with E-state index in [9.17, 15) is 0 Å². The Bertz CT molecular complexity index is 340. The Morgan fingerprint density at radius 2 is 2.40 bits per heavy atom. The summed E-state index contributed by atoms with van der Waals surface area (Å²) in [6.45, 7) is 0.846. The Labute approximate surface area is 111 Å². The molecule has 1 unspecified atom stereocenters. The van der Waals surface area contributed by atoms with Crippen molar-refractivity contribution in [3.05, 3.63) is 26.9 Å². The quantitative estimate of drug-likeness (QED) is 0.905. The number of rotatable bonds is 3. The third kappa shape index (κ3) is 3.44. The van der Waals surface area contributed by atoms with E-state index in [1.165, 1.54) is 17.9 Å². The molecule has 1 atom stereocenters. The Balaban J connectivity index is 1.92. The maximum atomic E-state index is 4.38. The number of halogens is 2. The van der Waals surface area contributed by atoms with E-state index in [0.717, 1.165) is 21.2 Å². The molecule has 1 saturated heterocycles. The fourth-order valence-corrected chi connectivity index (χ4v) is 3.82. The Kier molecular flexibility index (Phi) is 4.49. The maximum absolute atomic E-state index is 4.38. The van der Waals surface area contributed by atoms with Gasteiger partial charge in [0.25, 0.3) is 0 Å². The highest BCUT2D eigenvalue weighted by molar-refractivity contribution is 9.11. The zero-order chi connectivity index (χ0) is 10.7. The van der Waals surface area contributed by atoms with E-state index < -0.39 is 0 Å². The molecule has 1 N–H and O–H groups in total. The largest absolute Gasteiger partial charge is 0.307 e. The fraction of sp³-hybridized carbons (Fsp3) is 0.500. The van der Waals surface area contributed by atoms with Crippen LogP contribution in [0, 0.1) is 0 Å². The van der Waals surface area contributed by atoms with Crippen LogP contribution in [0.4, 0.5) is 0 Å². The summed E-state index contributed by atoms with van der Waals surface area (Å²) in [6.07, 6.45) is 3.12. The first-order valence-electron chi connectivity index (χ1n) is 4.87. The summed E-state index contributed by atoms with van der Waals surface area (Å²) in [5, 5.41) is 3.53. The van der Waals surface area contributed by atoms with Gasteiger partial charge in [-0.2, -0.15) is 11.8 Å². The van der Waals surface area contributed by atoms with Gasteiger partial charge in [0.05, 0.1) is 5.69 Å². The molecule has 1 aliphatic rings. The predicted molar refractivity (Wildman–Crippen MR) is 72.2 cm³/mol. The zero-order valence-electron chi connectivity index (χ0n) is 8.17. The summed E-state index contributed by atoms with van der Waals surface area (Å²) in [7, 11) is 0. The molecule has 0 aromatic carbocycles. The molecule has 0 bridgehead atoms. The van der Waals surface area contributed by atoms with Crippen LogP contribution in [0.3, 0.4) is 0 Å². The van der Waals surface area contributed by atoms with E-state index in [-0.39, 0.29) is 0 Å². The number of hydrogen-bond donors (Lipinski definition) is 1. The van der Waals surface area contributed by atoms with E-state index in [4.69, 9.17) is 0 Å². The van der Waals surface area contributed by atoms with Gasteiger partial charge in [0.2, 0.25) is 0 Å². The van der Waals surface area contributed by atoms with E-state index in [1.807, 2.05) is 24.0 Å². The van der Waals surface area contributed by atoms with Crippen molar-refractivity contribution in [2.75, 3.05) is 11.5 Å². The van der Waals surface area contributed by atoms with Crippen LogP contribution in [0.1, 0.15) is 12.1 Å². The van der Waals surface area contributed by atoms with Crippen LogP contribution in [-0.2, 0) is 6.54 Å². The van der Waals surface area contributed by atoms with Crippen molar-refractivity contribution >= 4 is 43.6 Å². The van der Waals surface area contributed by atoms with Gasteiger partial charge in [0.1, 0.15) is 0 Å². The highest BCUT2D eigenvalue weighted by Crippen LogP contribution is 2.21. The standard InChI is InChI=1S/C10H12Br2N2S/c11-7-3-9(12)10(14-4-7)5-13-8-1-2-15-6-8/h3-4,8,13H,1-2,5-6H2. The van der Waals surface area contributed by atoms with Gasteiger partial charge in [-0.1, -0.05) is 0 Å². The molecule has 5 heteroatoms. The molecule has 0 spiro atoms. The van der Waals surface area contributed by atoms with Crippen molar-refractivity contribution in [1.29, 1.82) is 0 Å². The van der Waals surface area contributed by atoms with Gasteiger partial charge >= 0.3 is 0 Å². The first kappa shape index (κ1) is 11.9. The predicted octanol–water partition coefficient (Wildman–Crippen LogP) is 3.20. The third-order valence-electron chi connectivity index (χ3n) is 2.37. The van der Waals surface area contributed by atoms with Gasteiger partial charge in [-0.15, -0.1) is 0 Å². The Morgan fingerprint density at radius 3 is 3.07 bits per heavy atom. The number of thioether (sulfide) groups is 1. The lowest BCUT2D eigenvalue weighted by Gasteiger charge is -2.11. The average Bonchev–Trinajstić information content (AvgIpc) is 2.69. The number of nitrogens with zero attached hydrogens (tertiary/aromatic N) is 1. The highest BCUT2D eigenvalue weighted by atomic mass is 79.9. The molecule has 1 aromatic heterocycles. The zero-order valence-corrected chi connectivity index (χ0v) is 12.2. The molecule has 1 aromatic rings. The first-order chi connectivity index (χ1) is 7.25. The SMILES string of the molecule is Brc1cnc(CNC2CCSC2)c(Br)c1. The molecule has 2 rings (SSSR count). The van der Waals surface area contributed by atoms with E-state index in [0.29, 0.717) is 6.04 Å². The molecule has 0 aliphatic carbocycles. The number of hydrogen-bond acceptors (Lipinski definition) is 3. The molecule has 1 fully saturated rings. The van der Waals surface area contributed by atoms with Gasteiger partial charge in [0, 0.05) is 33.5 Å². The molecule has 0 radical (unpaired) electrons. The summed E-state index contributed by atoms with van der Waals surface area (Å²) < 4.78 is 2.07. The molecule has 0 saturated carbocycles. The van der Waals surface area contributed by atoms with Crippen LogP contribution >= 0.6 is 43.6 Å². The van der Waals surface area contributed by atoms with Crippen molar-refractivity contribution in [2.45, 2.75) is 19.0 Å². The van der Waals surface area contributed by atoms with Crippen molar-refractivity contribution in [1.82, 2.24) is 10.3 Å². The van der Waals surface area contributed by atoms with Gasteiger partial charge in [-0.25, -0.2) is 0 Å². The molecule has 0 amide bonds. The number of pyridine rings is 1. The minimum Gasteiger partial charge on any atom is -0.307 e. The summed E-state index contributed by atoms with van der Waals surface area (Å²) in [6, 6.07) is 2.69. The molecular weight excluding hydrogens is 340 g/mol. The van der Waals surface area contributed by atoms with Crippen LogP contribution < -0.4 is 5.32 Å². The lowest BCUT2D eigenvalue weighted by atomic mass is 10.2. The smallest absolute Gasteiger partial charge is 0.0684 e. The molecule has 1 aliphatic heterocycles. The van der Waals surface area contributed by atoms with E-state index >= 15 is 0 Å². The van der Waals surface area contributed by atoms with Crippen LogP contribution in [0.15, 0.2) is 21.2 Å². The van der Waals surface area contributed by atoms with E-state index in [2.05, 4.69) is 42.2 Å². The molecule has 15 heavy (non-hydrogen) atoms. The van der Waals surface area contributed by atoms with Gasteiger partial charge in [-0.05, 0) is 50.1 Å². The van der Waals surface area contributed by atoms with Crippen LogP contribution in [0.25, 0.3) is 0 Å². The van der Waals surface area contributed by atoms with Crippen LogP contribution in [0.5, 0.6) is 0 Å². The van der Waals surface area contributed by atoms with Crippen molar-refractivity contribution in [2.24, 2.45) is 0 Å². The summed E-state index contributed by atoms with van der Waals surface area (Å²) in [5.41, 5.74) is 1.08.